The number of fused-ring (bicyclic) bond motifs is 1. The molecule has 9 nitrogen and oxygen atoms in total. The van der Waals surface area contributed by atoms with Crippen molar-refractivity contribution in [2.45, 2.75) is 12.5 Å². The number of amides is 3. The summed E-state index contributed by atoms with van der Waals surface area (Å²) in [5.74, 6) is 0.941. The molecule has 1 unspecified atom stereocenters. The van der Waals surface area contributed by atoms with Crippen molar-refractivity contribution in [3.63, 3.8) is 0 Å². The lowest BCUT2D eigenvalue weighted by molar-refractivity contribution is 0.102. The fraction of sp³-hybridized carbons (Fsp3) is 0.263. The average molecular weight is 417 g/mol. The van der Waals surface area contributed by atoms with Crippen LogP contribution in [0.5, 0.6) is 11.5 Å². The van der Waals surface area contributed by atoms with Crippen molar-refractivity contribution in [2.75, 3.05) is 28.9 Å². The Bertz CT molecular complexity index is 1050. The topological polar surface area (TPSA) is 123 Å². The van der Waals surface area contributed by atoms with Gasteiger partial charge in [-0.1, -0.05) is 0 Å². The molecule has 1 atom stereocenters. The highest BCUT2D eigenvalue weighted by molar-refractivity contribution is 7.91. The van der Waals surface area contributed by atoms with Crippen LogP contribution < -0.4 is 25.4 Å². The number of benzene rings is 2. The summed E-state index contributed by atoms with van der Waals surface area (Å²) in [7, 11) is -3.06. The van der Waals surface area contributed by atoms with Crippen LogP contribution in [0.25, 0.3) is 0 Å². The third-order valence-corrected chi connectivity index (χ3v) is 6.37. The molecule has 3 N–H and O–H groups in total. The molecule has 1 fully saturated rings. The second kappa shape index (κ2) is 7.63. The maximum atomic E-state index is 12.4. The Morgan fingerprint density at radius 1 is 0.931 bits per heavy atom. The van der Waals surface area contributed by atoms with E-state index in [2.05, 4.69) is 16.0 Å². The van der Waals surface area contributed by atoms with Crippen molar-refractivity contribution in [1.29, 1.82) is 0 Å². The fourth-order valence-corrected chi connectivity index (χ4v) is 4.82. The van der Waals surface area contributed by atoms with Crippen LogP contribution in [-0.2, 0) is 9.84 Å². The zero-order chi connectivity index (χ0) is 20.4. The molecule has 2 aliphatic rings. The van der Waals surface area contributed by atoms with E-state index in [1.165, 1.54) is 0 Å². The maximum absolute atomic E-state index is 12.4. The highest BCUT2D eigenvalue weighted by Gasteiger charge is 2.28. The van der Waals surface area contributed by atoms with Gasteiger partial charge in [0.15, 0.2) is 21.3 Å². The molecule has 4 rings (SSSR count). The van der Waals surface area contributed by atoms with Crippen molar-refractivity contribution < 1.29 is 27.5 Å². The van der Waals surface area contributed by atoms with Crippen LogP contribution in [0.3, 0.4) is 0 Å². The second-order valence-corrected chi connectivity index (χ2v) is 9.03. The molecule has 2 aromatic rings. The number of anilines is 2. The van der Waals surface area contributed by atoms with Crippen molar-refractivity contribution >= 4 is 33.2 Å². The van der Waals surface area contributed by atoms with Crippen LogP contribution in [0, 0.1) is 0 Å². The molecule has 29 heavy (non-hydrogen) atoms. The molecule has 2 aromatic carbocycles. The van der Waals surface area contributed by atoms with Gasteiger partial charge in [-0.2, -0.15) is 0 Å². The minimum atomic E-state index is -3.06. The normalized spacial score (nSPS) is 18.8. The summed E-state index contributed by atoms with van der Waals surface area (Å²) in [5, 5.41) is 8.05. The first-order chi connectivity index (χ1) is 13.9. The number of carbonyl (C=O) groups excluding carboxylic acids is 2. The first-order valence-electron chi connectivity index (χ1n) is 8.97. The van der Waals surface area contributed by atoms with Crippen molar-refractivity contribution in [3.05, 3.63) is 48.0 Å². The van der Waals surface area contributed by atoms with Crippen LogP contribution in [0.2, 0.25) is 0 Å². The summed E-state index contributed by atoms with van der Waals surface area (Å²) in [6, 6.07) is 10.6. The molecule has 10 heteroatoms. The first-order valence-corrected chi connectivity index (χ1v) is 10.8. The molecule has 0 spiro atoms. The van der Waals surface area contributed by atoms with E-state index in [4.69, 9.17) is 9.47 Å². The molecule has 0 aliphatic carbocycles. The van der Waals surface area contributed by atoms with Crippen LogP contribution in [-0.4, -0.2) is 44.7 Å². The molecule has 0 aromatic heterocycles. The fourth-order valence-electron chi connectivity index (χ4n) is 3.14. The molecule has 0 radical (unpaired) electrons. The summed E-state index contributed by atoms with van der Waals surface area (Å²) in [6.07, 6.45) is 0.411. The number of urea groups is 1. The van der Waals surface area contributed by atoms with E-state index in [0.717, 1.165) is 0 Å². The Hall–Kier alpha value is -3.27. The first kappa shape index (κ1) is 19.1. The van der Waals surface area contributed by atoms with Gasteiger partial charge in [-0.3, -0.25) is 4.79 Å². The number of carbonyl (C=O) groups is 2. The molecular formula is C19H19N3O6S. The second-order valence-electron chi connectivity index (χ2n) is 6.80. The van der Waals surface area contributed by atoms with Crippen LogP contribution in [0.1, 0.15) is 16.8 Å². The van der Waals surface area contributed by atoms with E-state index in [1.807, 2.05) is 0 Å². The van der Waals surface area contributed by atoms with Gasteiger partial charge in [-0.15, -0.1) is 0 Å². The zero-order valence-corrected chi connectivity index (χ0v) is 16.1. The quantitative estimate of drug-likeness (QED) is 0.699. The molecule has 1 saturated heterocycles. The highest BCUT2D eigenvalue weighted by Crippen LogP contribution is 2.34. The summed E-state index contributed by atoms with van der Waals surface area (Å²) in [4.78, 5) is 24.4. The molecule has 2 heterocycles. The van der Waals surface area contributed by atoms with Crippen molar-refractivity contribution in [1.82, 2.24) is 5.32 Å². The molecule has 152 valence electrons. The number of hydrogen-bond donors (Lipinski definition) is 3. The molecule has 3 amide bonds. The molecule has 2 aliphatic heterocycles. The summed E-state index contributed by atoms with van der Waals surface area (Å²) >= 11 is 0. The minimum absolute atomic E-state index is 0.0423. The van der Waals surface area contributed by atoms with Crippen LogP contribution >= 0.6 is 0 Å². The smallest absolute Gasteiger partial charge is 0.319 e. The van der Waals surface area contributed by atoms with E-state index in [1.54, 1.807) is 42.5 Å². The average Bonchev–Trinajstić information content (AvgIpc) is 3.27. The lowest BCUT2D eigenvalue weighted by atomic mass is 10.2. The van der Waals surface area contributed by atoms with E-state index in [9.17, 15) is 18.0 Å². The summed E-state index contributed by atoms with van der Waals surface area (Å²) in [6.45, 7) is 0.158. The van der Waals surface area contributed by atoms with Gasteiger partial charge in [0.2, 0.25) is 6.79 Å². The Morgan fingerprint density at radius 2 is 1.66 bits per heavy atom. The van der Waals surface area contributed by atoms with E-state index in [0.29, 0.717) is 34.9 Å². The van der Waals surface area contributed by atoms with E-state index < -0.39 is 15.9 Å². The largest absolute Gasteiger partial charge is 0.454 e. The van der Waals surface area contributed by atoms with Crippen molar-refractivity contribution in [2.24, 2.45) is 0 Å². The van der Waals surface area contributed by atoms with Gasteiger partial charge >= 0.3 is 6.03 Å². The monoisotopic (exact) mass is 417 g/mol. The molecule has 0 saturated carbocycles. The highest BCUT2D eigenvalue weighted by atomic mass is 32.2. The predicted octanol–water partition coefficient (Wildman–Crippen LogP) is 1.98. The van der Waals surface area contributed by atoms with Crippen LogP contribution in [0.15, 0.2) is 42.5 Å². The third kappa shape index (κ3) is 4.60. The van der Waals surface area contributed by atoms with Gasteiger partial charge in [0.25, 0.3) is 5.91 Å². The summed E-state index contributed by atoms with van der Waals surface area (Å²) in [5.41, 5.74) is 1.48. The predicted molar refractivity (Wildman–Crippen MR) is 106 cm³/mol. The Balaban J connectivity index is 1.32. The zero-order valence-electron chi connectivity index (χ0n) is 15.3. The third-order valence-electron chi connectivity index (χ3n) is 4.60. The number of nitrogens with one attached hydrogen (secondary N) is 3. The Kier molecular flexibility index (Phi) is 5.01. The van der Waals surface area contributed by atoms with Crippen molar-refractivity contribution in [3.8, 4) is 11.5 Å². The van der Waals surface area contributed by atoms with E-state index >= 15 is 0 Å². The summed E-state index contributed by atoms with van der Waals surface area (Å²) < 4.78 is 33.4. The van der Waals surface area contributed by atoms with E-state index in [-0.39, 0.29) is 30.2 Å². The number of sulfone groups is 1. The minimum Gasteiger partial charge on any atom is -0.454 e. The van der Waals surface area contributed by atoms with Gasteiger partial charge in [0.05, 0.1) is 11.5 Å². The van der Waals surface area contributed by atoms with Crippen LogP contribution in [0.4, 0.5) is 16.2 Å². The van der Waals surface area contributed by atoms with Gasteiger partial charge in [0.1, 0.15) is 0 Å². The SMILES string of the molecule is O=C(Nc1ccc(C(=O)Nc2ccc3c(c2)OCO3)cc1)NC1CCS(=O)(=O)C1. The Labute approximate surface area is 167 Å². The molecular weight excluding hydrogens is 398 g/mol. The van der Waals surface area contributed by atoms with Gasteiger partial charge in [-0.25, -0.2) is 13.2 Å². The number of hydrogen-bond acceptors (Lipinski definition) is 6. The van der Waals surface area contributed by atoms with Gasteiger partial charge < -0.3 is 25.4 Å². The standard InChI is InChI=1S/C19H19N3O6S/c23-18(20-14-5-6-16-17(9-14)28-11-27-16)12-1-3-13(4-2-12)21-19(24)22-15-7-8-29(25,26)10-15/h1-6,9,15H,7-8,10-11H2,(H,20,23)(H2,21,22,24). The number of ether oxygens (including phenoxy) is 2. The van der Waals surface area contributed by atoms with Gasteiger partial charge in [-0.05, 0) is 42.8 Å². The molecule has 0 bridgehead atoms. The maximum Gasteiger partial charge on any atom is 0.319 e. The Morgan fingerprint density at radius 3 is 2.38 bits per heavy atom. The lowest BCUT2D eigenvalue weighted by Gasteiger charge is -2.12. The number of rotatable bonds is 4. The van der Waals surface area contributed by atoms with Gasteiger partial charge in [0, 0.05) is 29.0 Å². The lowest BCUT2D eigenvalue weighted by Crippen LogP contribution is -2.38.